The first-order chi connectivity index (χ1) is 19.4. The smallest absolute Gasteiger partial charge is 0.332 e. The molecule has 0 saturated carbocycles. The van der Waals surface area contributed by atoms with Crippen molar-refractivity contribution in [1.82, 2.24) is 14.5 Å². The maximum Gasteiger partial charge on any atom is 0.332 e. The van der Waals surface area contributed by atoms with Crippen LogP contribution in [0.4, 0.5) is 5.69 Å². The Kier molecular flexibility index (Phi) is 8.30. The van der Waals surface area contributed by atoms with Crippen molar-refractivity contribution in [3.05, 3.63) is 85.9 Å². The number of hydrogen-bond donors (Lipinski definition) is 2. The number of amides is 2. The van der Waals surface area contributed by atoms with Crippen LogP contribution < -0.4 is 31.4 Å². The van der Waals surface area contributed by atoms with Crippen LogP contribution in [0.15, 0.2) is 63.5 Å². The Bertz CT molecular complexity index is 1670. The van der Waals surface area contributed by atoms with Gasteiger partial charge >= 0.3 is 5.69 Å². The van der Waals surface area contributed by atoms with E-state index in [2.05, 4.69) is 10.6 Å². The predicted molar refractivity (Wildman–Crippen MR) is 153 cm³/mol. The van der Waals surface area contributed by atoms with E-state index in [1.807, 2.05) is 43.3 Å². The van der Waals surface area contributed by atoms with E-state index < -0.39 is 5.69 Å². The lowest BCUT2D eigenvalue weighted by molar-refractivity contribution is -0.121. The molecule has 1 aliphatic heterocycles. The minimum Gasteiger partial charge on any atom is -0.454 e. The van der Waals surface area contributed by atoms with E-state index in [-0.39, 0.29) is 37.3 Å². The normalized spacial score (nSPS) is 12.0. The van der Waals surface area contributed by atoms with Crippen molar-refractivity contribution < 1.29 is 19.1 Å². The summed E-state index contributed by atoms with van der Waals surface area (Å²) in [6, 6.07) is 14.7. The van der Waals surface area contributed by atoms with Gasteiger partial charge in [0.15, 0.2) is 11.5 Å². The van der Waals surface area contributed by atoms with Crippen molar-refractivity contribution in [2.45, 2.75) is 52.2 Å². The van der Waals surface area contributed by atoms with E-state index in [0.717, 1.165) is 11.1 Å². The Morgan fingerprint density at radius 2 is 1.77 bits per heavy atom. The summed E-state index contributed by atoms with van der Waals surface area (Å²) >= 11 is 1.25. The molecule has 0 atom stereocenters. The molecule has 0 aliphatic carbocycles. The lowest BCUT2D eigenvalue weighted by atomic mass is 10.1. The Hall–Kier alpha value is -4.38. The number of nitrogens with zero attached hydrogens (tertiary/aromatic N) is 2. The summed E-state index contributed by atoms with van der Waals surface area (Å²) < 4.78 is 13.6. The van der Waals surface area contributed by atoms with E-state index in [9.17, 15) is 19.2 Å². The quantitative estimate of drug-likeness (QED) is 0.269. The largest absolute Gasteiger partial charge is 0.454 e. The number of hydrogen-bond acceptors (Lipinski definition) is 7. The zero-order chi connectivity index (χ0) is 28.1. The van der Waals surface area contributed by atoms with Gasteiger partial charge < -0.3 is 20.1 Å². The molecular weight excluding hydrogens is 532 g/mol. The van der Waals surface area contributed by atoms with Crippen molar-refractivity contribution in [3.63, 3.8) is 0 Å². The number of benzene rings is 2. The highest BCUT2D eigenvalue weighted by molar-refractivity contribution is 7.17. The topological polar surface area (TPSA) is 121 Å². The van der Waals surface area contributed by atoms with E-state index in [4.69, 9.17) is 9.47 Å². The molecule has 2 aromatic carbocycles. The summed E-state index contributed by atoms with van der Waals surface area (Å²) in [5, 5.41) is 7.49. The summed E-state index contributed by atoms with van der Waals surface area (Å²) in [4.78, 5) is 51.4. The molecule has 10 nitrogen and oxygen atoms in total. The zero-order valence-electron chi connectivity index (χ0n) is 22.1. The van der Waals surface area contributed by atoms with Gasteiger partial charge in [-0.2, -0.15) is 0 Å². The van der Waals surface area contributed by atoms with Gasteiger partial charge in [0, 0.05) is 25.2 Å². The third-order valence-corrected chi connectivity index (χ3v) is 7.66. The molecule has 0 bridgehead atoms. The van der Waals surface area contributed by atoms with Gasteiger partial charge in [-0.1, -0.05) is 30.7 Å². The van der Waals surface area contributed by atoms with Gasteiger partial charge in [-0.05, 0) is 60.5 Å². The molecule has 208 valence electrons. The fraction of sp³-hybridized carbons (Fsp3) is 0.310. The molecule has 0 fully saturated rings. The molecule has 2 aromatic heterocycles. The van der Waals surface area contributed by atoms with E-state index in [1.165, 1.54) is 20.5 Å². The molecule has 1 aliphatic rings. The van der Waals surface area contributed by atoms with Gasteiger partial charge in [-0.15, -0.1) is 11.3 Å². The standard InChI is InChI=1S/C29H30N4O6S/c1-19-7-4-5-8-21(19)31-26(35)17-33-22-12-14-40-27(22)28(36)32(29(33)37)13-6-2-3-9-25(34)30-16-20-10-11-23-24(15-20)39-18-38-23/h4-5,7-8,10-12,14-15H,2-3,6,9,13,16-18H2,1H3,(H,30,34)(H,31,35). The first-order valence-electron chi connectivity index (χ1n) is 13.1. The summed E-state index contributed by atoms with van der Waals surface area (Å²) in [6.45, 7) is 2.49. The minimum atomic E-state index is -0.516. The van der Waals surface area contributed by atoms with E-state index in [1.54, 1.807) is 17.5 Å². The van der Waals surface area contributed by atoms with E-state index >= 15 is 0 Å². The van der Waals surface area contributed by atoms with Crippen molar-refractivity contribution >= 4 is 39.1 Å². The molecule has 40 heavy (non-hydrogen) atoms. The molecule has 4 aromatic rings. The van der Waals surface area contributed by atoms with Crippen LogP contribution in [0.3, 0.4) is 0 Å². The van der Waals surface area contributed by atoms with Crippen LogP contribution in [-0.4, -0.2) is 27.7 Å². The third-order valence-electron chi connectivity index (χ3n) is 6.77. The lowest BCUT2D eigenvalue weighted by Gasteiger charge is -2.13. The maximum atomic E-state index is 13.3. The number of carbonyl (C=O) groups is 2. The molecular formula is C29H30N4O6S. The molecule has 11 heteroatoms. The molecule has 0 radical (unpaired) electrons. The number of para-hydroxylation sites is 1. The number of aryl methyl sites for hydroxylation is 1. The van der Waals surface area contributed by atoms with Gasteiger partial charge in [0.25, 0.3) is 5.56 Å². The number of aromatic nitrogens is 2. The number of fused-ring (bicyclic) bond motifs is 2. The van der Waals surface area contributed by atoms with Crippen LogP contribution in [0, 0.1) is 6.92 Å². The van der Waals surface area contributed by atoms with Gasteiger partial charge in [0.2, 0.25) is 18.6 Å². The number of nitrogens with one attached hydrogen (secondary N) is 2. The van der Waals surface area contributed by atoms with Crippen molar-refractivity contribution in [3.8, 4) is 11.5 Å². The van der Waals surface area contributed by atoms with Gasteiger partial charge in [-0.3, -0.25) is 23.5 Å². The lowest BCUT2D eigenvalue weighted by Crippen LogP contribution is -2.41. The molecule has 0 unspecified atom stereocenters. The zero-order valence-corrected chi connectivity index (χ0v) is 22.9. The summed E-state index contributed by atoms with van der Waals surface area (Å²) in [5.41, 5.74) is 2.09. The second-order valence-electron chi connectivity index (χ2n) is 9.60. The highest BCUT2D eigenvalue weighted by atomic mass is 32.1. The van der Waals surface area contributed by atoms with Crippen LogP contribution in [-0.2, 0) is 29.2 Å². The minimum absolute atomic E-state index is 0.0724. The molecule has 3 heterocycles. The van der Waals surface area contributed by atoms with E-state index in [0.29, 0.717) is 59.6 Å². The van der Waals surface area contributed by atoms with Gasteiger partial charge in [0.1, 0.15) is 11.2 Å². The second-order valence-corrected chi connectivity index (χ2v) is 10.5. The fourth-order valence-electron chi connectivity index (χ4n) is 4.60. The Morgan fingerprint density at radius 1 is 0.950 bits per heavy atom. The van der Waals surface area contributed by atoms with Crippen molar-refractivity contribution in [2.24, 2.45) is 0 Å². The van der Waals surface area contributed by atoms with Crippen LogP contribution in [0.2, 0.25) is 0 Å². The van der Waals surface area contributed by atoms with Crippen LogP contribution in [0.25, 0.3) is 10.2 Å². The Balaban J connectivity index is 1.15. The first kappa shape index (κ1) is 27.2. The van der Waals surface area contributed by atoms with Gasteiger partial charge in [-0.25, -0.2) is 4.79 Å². The summed E-state index contributed by atoms with van der Waals surface area (Å²) in [7, 11) is 0. The van der Waals surface area contributed by atoms with Crippen LogP contribution >= 0.6 is 11.3 Å². The SMILES string of the molecule is Cc1ccccc1NC(=O)Cn1c(=O)n(CCCCCC(=O)NCc2ccc3c(c2)OCO3)c(=O)c2sccc21. The second kappa shape index (κ2) is 12.2. The molecule has 0 saturated heterocycles. The number of rotatable bonds is 11. The highest BCUT2D eigenvalue weighted by Crippen LogP contribution is 2.32. The Morgan fingerprint density at radius 3 is 2.62 bits per heavy atom. The van der Waals surface area contributed by atoms with Crippen LogP contribution in [0.5, 0.6) is 11.5 Å². The predicted octanol–water partition coefficient (Wildman–Crippen LogP) is 3.78. The fourth-order valence-corrected chi connectivity index (χ4v) is 5.44. The number of unbranched alkanes of at least 4 members (excludes halogenated alkanes) is 2. The summed E-state index contributed by atoms with van der Waals surface area (Å²) in [6.07, 6.45) is 2.18. The molecule has 5 rings (SSSR count). The monoisotopic (exact) mass is 562 g/mol. The first-order valence-corrected chi connectivity index (χ1v) is 14.0. The average Bonchev–Trinajstić information content (AvgIpc) is 3.62. The number of anilines is 1. The Labute approximate surface area is 234 Å². The van der Waals surface area contributed by atoms with Crippen molar-refractivity contribution in [2.75, 3.05) is 12.1 Å². The number of thiophene rings is 1. The number of ether oxygens (including phenoxy) is 2. The number of carbonyl (C=O) groups excluding carboxylic acids is 2. The molecule has 0 spiro atoms. The summed E-state index contributed by atoms with van der Waals surface area (Å²) in [5.74, 6) is 0.955. The molecule has 2 N–H and O–H groups in total. The maximum absolute atomic E-state index is 13.3. The van der Waals surface area contributed by atoms with Gasteiger partial charge in [0.05, 0.1) is 5.52 Å². The molecule has 2 amide bonds. The van der Waals surface area contributed by atoms with Crippen molar-refractivity contribution in [1.29, 1.82) is 0 Å². The highest BCUT2D eigenvalue weighted by Gasteiger charge is 2.17. The third kappa shape index (κ3) is 6.09. The average molecular weight is 563 g/mol. The van der Waals surface area contributed by atoms with Crippen LogP contribution in [0.1, 0.15) is 36.8 Å².